The fourth-order valence-electron chi connectivity index (χ4n) is 2.24. The molecule has 0 amide bonds. The number of halogens is 1. The van der Waals surface area contributed by atoms with Crippen molar-refractivity contribution >= 4 is 39.9 Å². The zero-order chi connectivity index (χ0) is 16.6. The van der Waals surface area contributed by atoms with Crippen LogP contribution in [-0.2, 0) is 0 Å². The molecule has 0 saturated heterocycles. The van der Waals surface area contributed by atoms with Crippen molar-refractivity contribution in [2.45, 2.75) is 6.92 Å². The molecule has 0 atom stereocenters. The molecule has 3 aromatic rings. The van der Waals surface area contributed by atoms with Crippen LogP contribution in [0.25, 0.3) is 11.0 Å². The van der Waals surface area contributed by atoms with Gasteiger partial charge in [-0.25, -0.2) is 9.59 Å². The molecule has 0 aliphatic carbocycles. The van der Waals surface area contributed by atoms with Gasteiger partial charge in [0.1, 0.15) is 5.58 Å². The molecule has 0 aliphatic rings. The molecule has 0 bridgehead atoms. The number of hydrogen-bond acceptors (Lipinski definition) is 4. The van der Waals surface area contributed by atoms with E-state index in [2.05, 4.69) is 5.32 Å². The molecule has 2 aromatic carbocycles. The second-order valence-corrected chi connectivity index (χ2v) is 5.49. The fourth-order valence-corrected chi connectivity index (χ4v) is 2.40. The molecule has 116 valence electrons. The number of carboxylic acid groups (broad SMARTS) is 1. The summed E-state index contributed by atoms with van der Waals surface area (Å²) in [5.74, 6) is -0.996. The predicted molar refractivity (Wildman–Crippen MR) is 88.9 cm³/mol. The smallest absolute Gasteiger partial charge is 0.338 e. The van der Waals surface area contributed by atoms with Crippen LogP contribution in [0.3, 0.4) is 0 Å². The average Bonchev–Trinajstić information content (AvgIpc) is 2.50. The van der Waals surface area contributed by atoms with Gasteiger partial charge in [-0.1, -0.05) is 11.6 Å². The topological polar surface area (TPSA) is 79.5 Å². The summed E-state index contributed by atoms with van der Waals surface area (Å²) in [4.78, 5) is 22.6. The van der Waals surface area contributed by atoms with Gasteiger partial charge < -0.3 is 14.8 Å². The van der Waals surface area contributed by atoms with Crippen LogP contribution in [0.5, 0.6) is 0 Å². The lowest BCUT2D eigenvalue weighted by Crippen LogP contribution is -2.02. The number of carboxylic acids is 1. The highest BCUT2D eigenvalue weighted by molar-refractivity contribution is 6.32. The molecule has 0 unspecified atom stereocenters. The van der Waals surface area contributed by atoms with E-state index in [9.17, 15) is 9.59 Å². The van der Waals surface area contributed by atoms with E-state index in [1.54, 1.807) is 24.3 Å². The lowest BCUT2D eigenvalue weighted by atomic mass is 10.1. The van der Waals surface area contributed by atoms with Crippen LogP contribution in [0.4, 0.5) is 11.4 Å². The Balaban J connectivity index is 2.07. The summed E-state index contributed by atoms with van der Waals surface area (Å²) in [7, 11) is 0. The Morgan fingerprint density at radius 3 is 2.52 bits per heavy atom. The van der Waals surface area contributed by atoms with Crippen molar-refractivity contribution in [3.05, 3.63) is 69.0 Å². The number of anilines is 2. The number of rotatable bonds is 3. The number of aromatic carboxylic acids is 1. The van der Waals surface area contributed by atoms with Gasteiger partial charge in [-0.2, -0.15) is 0 Å². The van der Waals surface area contributed by atoms with Gasteiger partial charge in [0.25, 0.3) is 0 Å². The largest absolute Gasteiger partial charge is 0.478 e. The van der Waals surface area contributed by atoms with Crippen LogP contribution in [0.2, 0.25) is 5.02 Å². The molecule has 0 fully saturated rings. The summed E-state index contributed by atoms with van der Waals surface area (Å²) in [5.41, 5.74) is 2.14. The van der Waals surface area contributed by atoms with Crippen LogP contribution < -0.4 is 10.9 Å². The molecule has 3 rings (SSSR count). The monoisotopic (exact) mass is 329 g/mol. The Morgan fingerprint density at radius 2 is 1.87 bits per heavy atom. The molecule has 6 heteroatoms. The summed E-state index contributed by atoms with van der Waals surface area (Å²) < 4.78 is 5.19. The van der Waals surface area contributed by atoms with Crippen molar-refractivity contribution in [3.63, 3.8) is 0 Å². The van der Waals surface area contributed by atoms with Crippen LogP contribution in [-0.4, -0.2) is 11.1 Å². The normalized spacial score (nSPS) is 10.7. The minimum atomic E-state index is -0.996. The molecule has 1 aromatic heterocycles. The van der Waals surface area contributed by atoms with E-state index in [0.717, 1.165) is 5.56 Å². The molecule has 0 radical (unpaired) electrons. The standard InChI is InChI=1S/C17H12ClNO4/c1-9-6-15-12(7-13(9)18)14(8-16(20)23-15)19-11-4-2-10(3-5-11)17(21)22/h2-8,19H,1H3,(H,21,22). The number of nitrogens with one attached hydrogen (secondary N) is 1. The second kappa shape index (κ2) is 5.78. The highest BCUT2D eigenvalue weighted by Gasteiger charge is 2.09. The van der Waals surface area contributed by atoms with E-state index in [1.807, 2.05) is 6.92 Å². The van der Waals surface area contributed by atoms with Crippen LogP contribution >= 0.6 is 11.6 Å². The Bertz CT molecular complexity index is 961. The first kappa shape index (κ1) is 15.1. The third-order valence-corrected chi connectivity index (χ3v) is 3.84. The number of carbonyl (C=O) groups is 1. The quantitative estimate of drug-likeness (QED) is 0.704. The molecule has 0 aliphatic heterocycles. The first-order valence-electron chi connectivity index (χ1n) is 6.78. The Labute approximate surface area is 136 Å². The predicted octanol–water partition coefficient (Wildman–Crippen LogP) is 4.20. The summed E-state index contributed by atoms with van der Waals surface area (Å²) in [5, 5.41) is 13.2. The van der Waals surface area contributed by atoms with Crippen molar-refractivity contribution < 1.29 is 14.3 Å². The number of hydrogen-bond donors (Lipinski definition) is 2. The van der Waals surface area contributed by atoms with Gasteiger partial charge in [0.15, 0.2) is 0 Å². The molecular formula is C17H12ClNO4. The van der Waals surface area contributed by atoms with Gasteiger partial charge in [0.2, 0.25) is 0 Å². The van der Waals surface area contributed by atoms with Crippen LogP contribution in [0.15, 0.2) is 51.7 Å². The second-order valence-electron chi connectivity index (χ2n) is 5.08. The van der Waals surface area contributed by atoms with Gasteiger partial charge in [0.05, 0.1) is 11.3 Å². The lowest BCUT2D eigenvalue weighted by molar-refractivity contribution is 0.0697. The Hall–Kier alpha value is -2.79. The molecule has 0 saturated carbocycles. The van der Waals surface area contributed by atoms with E-state index < -0.39 is 11.6 Å². The average molecular weight is 330 g/mol. The number of fused-ring (bicyclic) bond motifs is 1. The minimum absolute atomic E-state index is 0.187. The van der Waals surface area contributed by atoms with Crippen molar-refractivity contribution in [3.8, 4) is 0 Å². The number of aryl methyl sites for hydroxylation is 1. The zero-order valence-corrected chi connectivity index (χ0v) is 12.8. The summed E-state index contributed by atoms with van der Waals surface area (Å²) in [6.45, 7) is 1.83. The highest BCUT2D eigenvalue weighted by atomic mass is 35.5. The Kier molecular flexibility index (Phi) is 3.80. The van der Waals surface area contributed by atoms with Crippen molar-refractivity contribution in [2.24, 2.45) is 0 Å². The third kappa shape index (κ3) is 3.05. The third-order valence-electron chi connectivity index (χ3n) is 3.43. The van der Waals surface area contributed by atoms with E-state index in [1.165, 1.54) is 18.2 Å². The fraction of sp³-hybridized carbons (Fsp3) is 0.0588. The summed E-state index contributed by atoms with van der Waals surface area (Å²) >= 11 is 6.15. The molecule has 5 nitrogen and oxygen atoms in total. The lowest BCUT2D eigenvalue weighted by Gasteiger charge is -2.10. The minimum Gasteiger partial charge on any atom is -0.478 e. The van der Waals surface area contributed by atoms with Gasteiger partial charge in [0, 0.05) is 22.2 Å². The van der Waals surface area contributed by atoms with Gasteiger partial charge in [-0.3, -0.25) is 0 Å². The summed E-state index contributed by atoms with van der Waals surface area (Å²) in [6.07, 6.45) is 0. The van der Waals surface area contributed by atoms with Gasteiger partial charge in [-0.15, -0.1) is 0 Å². The van der Waals surface area contributed by atoms with Crippen molar-refractivity contribution in [1.82, 2.24) is 0 Å². The Morgan fingerprint density at radius 1 is 1.17 bits per heavy atom. The van der Waals surface area contributed by atoms with E-state index in [-0.39, 0.29) is 5.56 Å². The molecule has 1 heterocycles. The van der Waals surface area contributed by atoms with Crippen molar-refractivity contribution in [1.29, 1.82) is 0 Å². The van der Waals surface area contributed by atoms with E-state index in [0.29, 0.717) is 27.4 Å². The first-order chi connectivity index (χ1) is 10.9. The van der Waals surface area contributed by atoms with Gasteiger partial charge >= 0.3 is 11.6 Å². The maximum atomic E-state index is 11.7. The van der Waals surface area contributed by atoms with Crippen LogP contribution in [0, 0.1) is 6.92 Å². The first-order valence-corrected chi connectivity index (χ1v) is 7.16. The molecule has 23 heavy (non-hydrogen) atoms. The SMILES string of the molecule is Cc1cc2oc(=O)cc(Nc3ccc(C(=O)O)cc3)c2cc1Cl. The molecular weight excluding hydrogens is 318 g/mol. The van der Waals surface area contributed by atoms with Crippen LogP contribution in [0.1, 0.15) is 15.9 Å². The van der Waals surface area contributed by atoms with Crippen molar-refractivity contribution in [2.75, 3.05) is 5.32 Å². The summed E-state index contributed by atoms with van der Waals surface area (Å²) in [6, 6.07) is 11.0. The maximum absolute atomic E-state index is 11.7. The van der Waals surface area contributed by atoms with E-state index in [4.69, 9.17) is 21.1 Å². The molecule has 0 spiro atoms. The number of benzene rings is 2. The zero-order valence-electron chi connectivity index (χ0n) is 12.1. The highest BCUT2D eigenvalue weighted by Crippen LogP contribution is 2.29. The van der Waals surface area contributed by atoms with Gasteiger partial charge in [-0.05, 0) is 48.9 Å². The maximum Gasteiger partial charge on any atom is 0.338 e. The molecule has 2 N–H and O–H groups in total. The van der Waals surface area contributed by atoms with E-state index >= 15 is 0 Å².